The monoisotopic (exact) mass is 358 g/mol. The first kappa shape index (κ1) is 19.4. The molecule has 0 saturated heterocycles. The van der Waals surface area contributed by atoms with E-state index >= 15 is 0 Å². The summed E-state index contributed by atoms with van der Waals surface area (Å²) < 4.78 is 5.35. The van der Waals surface area contributed by atoms with Crippen LogP contribution in [0.1, 0.15) is 20.7 Å². The molecule has 0 saturated carbocycles. The van der Waals surface area contributed by atoms with E-state index in [9.17, 15) is 9.59 Å². The molecule has 0 spiro atoms. The summed E-state index contributed by atoms with van der Waals surface area (Å²) in [4.78, 5) is 25.5. The molecule has 0 bridgehead atoms. The third-order valence-electron chi connectivity index (χ3n) is 3.93. The molecule has 26 heavy (non-hydrogen) atoms. The molecule has 0 radical (unpaired) electrons. The van der Waals surface area contributed by atoms with Crippen LogP contribution < -0.4 is 10.5 Å². The molecule has 0 atom stereocenters. The molecule has 2 rings (SSSR count). The molecule has 0 aliphatic carbocycles. The van der Waals surface area contributed by atoms with Gasteiger partial charge in [0, 0.05) is 29.8 Å². The van der Waals surface area contributed by atoms with Crippen molar-refractivity contribution in [2.45, 2.75) is 0 Å². The number of nitrogens with two attached hydrogens (primary N) is 1. The highest BCUT2D eigenvalue weighted by Crippen LogP contribution is 2.31. The molecule has 0 aliphatic heterocycles. The highest BCUT2D eigenvalue weighted by atomic mass is 16.5. The SMILES string of the molecule is COc1ccc(C(N)=O)cc1-c1cccc(C(=O)N(CCO)CCO)c1. The van der Waals surface area contributed by atoms with E-state index in [0.29, 0.717) is 28.0 Å². The first-order valence-electron chi connectivity index (χ1n) is 8.11. The van der Waals surface area contributed by atoms with Crippen LogP contribution in [0.5, 0.6) is 5.75 Å². The first-order chi connectivity index (χ1) is 12.5. The predicted octanol–water partition coefficient (Wildman–Crippen LogP) is 0.888. The minimum atomic E-state index is -0.557. The van der Waals surface area contributed by atoms with Crippen LogP contribution in [0.2, 0.25) is 0 Å². The minimum absolute atomic E-state index is 0.129. The Morgan fingerprint density at radius 1 is 1.04 bits per heavy atom. The van der Waals surface area contributed by atoms with Crippen molar-refractivity contribution in [1.29, 1.82) is 0 Å². The normalized spacial score (nSPS) is 10.4. The third kappa shape index (κ3) is 4.38. The number of carbonyl (C=O) groups excluding carboxylic acids is 2. The van der Waals surface area contributed by atoms with Crippen molar-refractivity contribution in [3.8, 4) is 16.9 Å². The van der Waals surface area contributed by atoms with Gasteiger partial charge in [0.15, 0.2) is 0 Å². The maximum Gasteiger partial charge on any atom is 0.254 e. The molecule has 0 aromatic heterocycles. The number of rotatable bonds is 8. The van der Waals surface area contributed by atoms with Gasteiger partial charge in [-0.3, -0.25) is 9.59 Å². The van der Waals surface area contributed by atoms with Crippen molar-refractivity contribution in [1.82, 2.24) is 4.90 Å². The van der Waals surface area contributed by atoms with E-state index in [2.05, 4.69) is 0 Å². The number of primary amides is 1. The molecule has 2 aromatic carbocycles. The summed E-state index contributed by atoms with van der Waals surface area (Å²) >= 11 is 0. The van der Waals surface area contributed by atoms with E-state index in [1.165, 1.54) is 12.0 Å². The van der Waals surface area contributed by atoms with Gasteiger partial charge in [-0.2, -0.15) is 0 Å². The number of ether oxygens (including phenoxy) is 1. The Labute approximate surface area is 151 Å². The van der Waals surface area contributed by atoms with Crippen LogP contribution >= 0.6 is 0 Å². The molecule has 0 aliphatic rings. The maximum atomic E-state index is 12.6. The van der Waals surface area contributed by atoms with Crippen LogP contribution in [0.4, 0.5) is 0 Å². The van der Waals surface area contributed by atoms with Crippen LogP contribution in [0, 0.1) is 0 Å². The topological polar surface area (TPSA) is 113 Å². The lowest BCUT2D eigenvalue weighted by molar-refractivity contribution is 0.0684. The van der Waals surface area contributed by atoms with Crippen LogP contribution in [0.25, 0.3) is 11.1 Å². The summed E-state index contributed by atoms with van der Waals surface area (Å²) in [7, 11) is 1.52. The molecule has 0 heterocycles. The van der Waals surface area contributed by atoms with Gasteiger partial charge in [-0.1, -0.05) is 12.1 Å². The van der Waals surface area contributed by atoms with Crippen molar-refractivity contribution < 1.29 is 24.5 Å². The fraction of sp³-hybridized carbons (Fsp3) is 0.263. The molecule has 2 aromatic rings. The van der Waals surface area contributed by atoms with Crippen LogP contribution in [-0.4, -0.2) is 60.3 Å². The highest BCUT2D eigenvalue weighted by molar-refractivity contribution is 5.97. The molecule has 0 unspecified atom stereocenters. The van der Waals surface area contributed by atoms with E-state index in [0.717, 1.165) is 0 Å². The number of benzene rings is 2. The summed E-state index contributed by atoms with van der Waals surface area (Å²) in [5.74, 6) is -0.319. The lowest BCUT2D eigenvalue weighted by Crippen LogP contribution is -2.35. The van der Waals surface area contributed by atoms with Gasteiger partial charge in [0.05, 0.1) is 20.3 Å². The Hall–Kier alpha value is -2.90. The second kappa shape index (κ2) is 8.98. The van der Waals surface area contributed by atoms with E-state index in [1.54, 1.807) is 42.5 Å². The molecular weight excluding hydrogens is 336 g/mol. The summed E-state index contributed by atoms with van der Waals surface area (Å²) in [6, 6.07) is 11.7. The first-order valence-corrected chi connectivity index (χ1v) is 8.11. The summed E-state index contributed by atoms with van der Waals surface area (Å²) in [6.45, 7) is -0.131. The van der Waals surface area contributed by atoms with E-state index in [-0.39, 0.29) is 32.2 Å². The summed E-state index contributed by atoms with van der Waals surface area (Å²) in [5, 5.41) is 18.2. The lowest BCUT2D eigenvalue weighted by atomic mass is 9.99. The molecule has 2 amide bonds. The number of aliphatic hydroxyl groups excluding tert-OH is 2. The van der Waals surface area contributed by atoms with Gasteiger partial charge in [-0.15, -0.1) is 0 Å². The number of nitrogens with zero attached hydrogens (tertiary/aromatic N) is 1. The second-order valence-electron chi connectivity index (χ2n) is 5.60. The van der Waals surface area contributed by atoms with Gasteiger partial charge in [0.2, 0.25) is 5.91 Å². The summed E-state index contributed by atoms with van der Waals surface area (Å²) in [6.07, 6.45) is 0. The Kier molecular flexibility index (Phi) is 6.71. The van der Waals surface area contributed by atoms with Crippen molar-refractivity contribution in [2.24, 2.45) is 5.73 Å². The van der Waals surface area contributed by atoms with E-state index in [4.69, 9.17) is 20.7 Å². The Balaban J connectivity index is 2.44. The fourth-order valence-corrected chi connectivity index (χ4v) is 2.65. The molecule has 7 nitrogen and oxygen atoms in total. The third-order valence-corrected chi connectivity index (χ3v) is 3.93. The number of hydrogen-bond donors (Lipinski definition) is 3. The number of aliphatic hydroxyl groups is 2. The van der Waals surface area contributed by atoms with Crippen LogP contribution in [0.3, 0.4) is 0 Å². The molecule has 7 heteroatoms. The average molecular weight is 358 g/mol. The smallest absolute Gasteiger partial charge is 0.254 e. The predicted molar refractivity (Wildman–Crippen MR) is 97.0 cm³/mol. The van der Waals surface area contributed by atoms with E-state index in [1.807, 2.05) is 0 Å². The zero-order valence-electron chi connectivity index (χ0n) is 14.5. The number of amides is 2. The standard InChI is InChI=1S/C19H22N2O5/c1-26-17-6-5-14(18(20)24)12-16(17)13-3-2-4-15(11-13)19(25)21(7-9-22)8-10-23/h2-6,11-12,22-23H,7-10H2,1H3,(H2,20,24). The zero-order chi connectivity index (χ0) is 19.1. The fourth-order valence-electron chi connectivity index (χ4n) is 2.65. The van der Waals surface area contributed by atoms with Gasteiger partial charge >= 0.3 is 0 Å². The Bertz CT molecular complexity index is 785. The quantitative estimate of drug-likeness (QED) is 0.648. The van der Waals surface area contributed by atoms with Crippen LogP contribution in [-0.2, 0) is 0 Å². The van der Waals surface area contributed by atoms with Gasteiger partial charge in [0.1, 0.15) is 5.75 Å². The van der Waals surface area contributed by atoms with Gasteiger partial charge in [-0.05, 0) is 35.9 Å². The Morgan fingerprint density at radius 3 is 2.31 bits per heavy atom. The zero-order valence-corrected chi connectivity index (χ0v) is 14.5. The average Bonchev–Trinajstić information content (AvgIpc) is 2.66. The highest BCUT2D eigenvalue weighted by Gasteiger charge is 2.17. The maximum absolute atomic E-state index is 12.6. The van der Waals surface area contributed by atoms with Crippen molar-refractivity contribution in [3.05, 3.63) is 53.6 Å². The summed E-state index contributed by atoms with van der Waals surface area (Å²) in [5.41, 5.74) is 7.40. The molecular formula is C19H22N2O5. The van der Waals surface area contributed by atoms with Crippen LogP contribution in [0.15, 0.2) is 42.5 Å². The lowest BCUT2D eigenvalue weighted by Gasteiger charge is -2.21. The second-order valence-corrected chi connectivity index (χ2v) is 5.60. The van der Waals surface area contributed by atoms with Gasteiger partial charge in [0.25, 0.3) is 5.91 Å². The van der Waals surface area contributed by atoms with Crippen molar-refractivity contribution in [3.63, 3.8) is 0 Å². The molecule has 0 fully saturated rings. The molecule has 4 N–H and O–H groups in total. The van der Waals surface area contributed by atoms with Crippen molar-refractivity contribution >= 4 is 11.8 Å². The van der Waals surface area contributed by atoms with Gasteiger partial charge in [-0.25, -0.2) is 0 Å². The number of methoxy groups -OCH3 is 1. The number of hydrogen-bond acceptors (Lipinski definition) is 5. The van der Waals surface area contributed by atoms with Gasteiger partial charge < -0.3 is 25.6 Å². The minimum Gasteiger partial charge on any atom is -0.496 e. The largest absolute Gasteiger partial charge is 0.496 e. The number of carbonyl (C=O) groups is 2. The Morgan fingerprint density at radius 2 is 1.73 bits per heavy atom. The van der Waals surface area contributed by atoms with Crippen molar-refractivity contribution in [2.75, 3.05) is 33.4 Å². The van der Waals surface area contributed by atoms with E-state index < -0.39 is 5.91 Å². The molecule has 138 valence electrons.